The van der Waals surface area contributed by atoms with Crippen molar-refractivity contribution in [2.45, 2.75) is 55.4 Å². The molecule has 34 heavy (non-hydrogen) atoms. The fourth-order valence-corrected chi connectivity index (χ4v) is 3.83. The molecule has 0 aromatic heterocycles. The van der Waals surface area contributed by atoms with Crippen LogP contribution < -0.4 is 5.32 Å². The maximum atomic E-state index is 14.6. The molecule has 0 radical (unpaired) electrons. The van der Waals surface area contributed by atoms with Crippen LogP contribution in [0, 0.1) is 0 Å². The van der Waals surface area contributed by atoms with Gasteiger partial charge in [0, 0.05) is 37.7 Å². The van der Waals surface area contributed by atoms with Gasteiger partial charge < -0.3 is 15.3 Å². The van der Waals surface area contributed by atoms with Crippen molar-refractivity contribution in [1.29, 1.82) is 0 Å². The molecule has 0 aliphatic carbocycles. The second-order valence-corrected chi connectivity index (χ2v) is 8.32. The fraction of sp³-hybridized carbons (Fsp3) is 0.600. The molecular weight excluding hydrogens is 477 g/mol. The lowest BCUT2D eigenvalue weighted by Crippen LogP contribution is -2.53. The summed E-state index contributed by atoms with van der Waals surface area (Å²) in [7, 11) is 0. The Bertz CT molecular complexity index is 954. The van der Waals surface area contributed by atoms with Crippen LogP contribution in [0.15, 0.2) is 34.5 Å². The number of carbonyl (C=O) groups is 2. The number of nitrogens with zero attached hydrogens (tertiary/aromatic N) is 3. The Morgan fingerprint density at radius 3 is 2.21 bits per heavy atom. The molecule has 0 spiro atoms. The van der Waals surface area contributed by atoms with E-state index in [0.29, 0.717) is 24.1 Å². The van der Waals surface area contributed by atoms with Gasteiger partial charge in [0.15, 0.2) is 5.67 Å². The molecule has 2 saturated heterocycles. The van der Waals surface area contributed by atoms with Crippen molar-refractivity contribution >= 4 is 11.9 Å². The van der Waals surface area contributed by atoms with Crippen LogP contribution in [0.5, 0.6) is 0 Å². The van der Waals surface area contributed by atoms with E-state index < -0.39 is 35.7 Å². The molecule has 7 nitrogen and oxygen atoms in total. The van der Waals surface area contributed by atoms with Crippen LogP contribution in [0.3, 0.4) is 0 Å². The average Bonchev–Trinajstić information content (AvgIpc) is 3.53. The standard InChI is InChI=1S/C18H20F4N4O.C2HF3O2/c19-16(10-23-11-16)13-5-3-4-12(8-13)15(27)26-7-2-1-6-14(26)9-17(24-25-17)18(20,21)22;3-2(4,5)1(6)7/h3-5,8,14,23H,1-2,6-7,9-11H2;(H,6,7). The van der Waals surface area contributed by atoms with Gasteiger partial charge in [-0.15, -0.1) is 10.2 Å². The van der Waals surface area contributed by atoms with Crippen molar-refractivity contribution in [3.8, 4) is 0 Å². The van der Waals surface area contributed by atoms with Crippen LogP contribution >= 0.6 is 0 Å². The third-order valence-corrected chi connectivity index (χ3v) is 5.88. The van der Waals surface area contributed by atoms with E-state index in [-0.39, 0.29) is 25.4 Å². The predicted octanol–water partition coefficient (Wildman–Crippen LogP) is 4.20. The number of hydrogen-bond donors (Lipinski definition) is 2. The van der Waals surface area contributed by atoms with Crippen LogP contribution in [-0.2, 0) is 10.5 Å². The minimum Gasteiger partial charge on any atom is -0.475 e. The zero-order valence-electron chi connectivity index (χ0n) is 17.6. The third kappa shape index (κ3) is 5.47. The molecule has 3 aliphatic rings. The molecule has 1 unspecified atom stereocenters. The zero-order valence-corrected chi connectivity index (χ0v) is 17.6. The molecule has 14 heteroatoms. The summed E-state index contributed by atoms with van der Waals surface area (Å²) in [5.74, 6) is -3.12. The fourth-order valence-electron chi connectivity index (χ4n) is 3.83. The largest absolute Gasteiger partial charge is 0.490 e. The minimum atomic E-state index is -5.08. The SMILES string of the molecule is O=C(O)C(F)(F)F.O=C(c1cccc(C2(F)CNC2)c1)N1CCCCC1CC1(C(F)(F)F)N=N1. The number of halogens is 7. The van der Waals surface area contributed by atoms with E-state index in [4.69, 9.17) is 9.90 Å². The van der Waals surface area contributed by atoms with Gasteiger partial charge in [0.2, 0.25) is 0 Å². The number of nitrogens with one attached hydrogen (secondary N) is 1. The number of rotatable bonds is 4. The zero-order chi connectivity index (χ0) is 25.4. The Morgan fingerprint density at radius 2 is 1.74 bits per heavy atom. The Hall–Kier alpha value is -2.77. The summed E-state index contributed by atoms with van der Waals surface area (Å²) in [4.78, 5) is 23.4. The summed E-state index contributed by atoms with van der Waals surface area (Å²) in [6.45, 7) is 0.756. The molecule has 3 aliphatic heterocycles. The van der Waals surface area contributed by atoms with Crippen LogP contribution in [0.1, 0.15) is 41.6 Å². The lowest BCUT2D eigenvalue weighted by atomic mass is 9.88. The van der Waals surface area contributed by atoms with Crippen LogP contribution in [0.2, 0.25) is 0 Å². The molecule has 1 amide bonds. The molecule has 2 fully saturated rings. The summed E-state index contributed by atoms with van der Waals surface area (Å²) in [6.07, 6.45) is -8.02. The first-order valence-electron chi connectivity index (χ1n) is 10.3. The molecule has 1 aromatic carbocycles. The van der Waals surface area contributed by atoms with Gasteiger partial charge in [0.1, 0.15) is 0 Å². The molecule has 0 saturated carbocycles. The number of carboxylic acid groups (broad SMARTS) is 1. The highest BCUT2D eigenvalue weighted by Gasteiger charge is 2.64. The van der Waals surface area contributed by atoms with E-state index in [1.807, 2.05) is 0 Å². The van der Waals surface area contributed by atoms with Crippen molar-refractivity contribution in [3.05, 3.63) is 35.4 Å². The molecule has 3 heterocycles. The summed E-state index contributed by atoms with van der Waals surface area (Å²) in [5.41, 5.74) is -3.15. The first kappa shape index (κ1) is 25.8. The minimum absolute atomic E-state index is 0.189. The Balaban J connectivity index is 0.000000406. The number of amides is 1. The van der Waals surface area contributed by atoms with Crippen LogP contribution in [0.25, 0.3) is 0 Å². The highest BCUT2D eigenvalue weighted by Crippen LogP contribution is 2.49. The van der Waals surface area contributed by atoms with Gasteiger partial charge >= 0.3 is 18.3 Å². The van der Waals surface area contributed by atoms with Crippen molar-refractivity contribution < 1.29 is 45.4 Å². The van der Waals surface area contributed by atoms with Crippen molar-refractivity contribution in [1.82, 2.24) is 10.2 Å². The Kier molecular flexibility index (Phi) is 6.93. The lowest BCUT2D eigenvalue weighted by Gasteiger charge is -2.38. The van der Waals surface area contributed by atoms with E-state index in [0.717, 1.165) is 12.8 Å². The second kappa shape index (κ2) is 9.12. The summed E-state index contributed by atoms with van der Waals surface area (Å²) >= 11 is 0. The van der Waals surface area contributed by atoms with Gasteiger partial charge in [-0.25, -0.2) is 9.18 Å². The molecule has 2 N–H and O–H groups in total. The molecule has 0 bridgehead atoms. The number of benzene rings is 1. The molecular formula is C20H21F7N4O3. The Labute approximate surface area is 189 Å². The molecule has 4 rings (SSSR count). The number of carbonyl (C=O) groups excluding carboxylic acids is 1. The topological polar surface area (TPSA) is 94.4 Å². The summed E-state index contributed by atoms with van der Waals surface area (Å²) in [6, 6.07) is 5.75. The highest BCUT2D eigenvalue weighted by molar-refractivity contribution is 5.94. The van der Waals surface area contributed by atoms with E-state index in [1.165, 1.54) is 11.0 Å². The maximum absolute atomic E-state index is 14.6. The van der Waals surface area contributed by atoms with Crippen molar-refractivity contribution in [2.75, 3.05) is 19.6 Å². The normalized spacial score (nSPS) is 22.8. The quantitative estimate of drug-likeness (QED) is 0.609. The van der Waals surface area contributed by atoms with Gasteiger partial charge in [-0.2, -0.15) is 26.3 Å². The van der Waals surface area contributed by atoms with Crippen LogP contribution in [-0.4, -0.2) is 65.6 Å². The number of piperidine rings is 1. The van der Waals surface area contributed by atoms with Gasteiger partial charge in [0.05, 0.1) is 0 Å². The van der Waals surface area contributed by atoms with Crippen molar-refractivity contribution in [2.24, 2.45) is 10.2 Å². The summed E-state index contributed by atoms with van der Waals surface area (Å²) in [5, 5.41) is 16.5. The predicted molar refractivity (Wildman–Crippen MR) is 103 cm³/mol. The van der Waals surface area contributed by atoms with Crippen LogP contribution in [0.4, 0.5) is 30.7 Å². The van der Waals surface area contributed by atoms with Gasteiger partial charge in [0.25, 0.3) is 11.6 Å². The lowest BCUT2D eigenvalue weighted by molar-refractivity contribution is -0.192. The highest BCUT2D eigenvalue weighted by atomic mass is 19.4. The third-order valence-electron chi connectivity index (χ3n) is 5.88. The average molecular weight is 498 g/mol. The molecule has 188 valence electrons. The number of carboxylic acids is 1. The maximum Gasteiger partial charge on any atom is 0.490 e. The van der Waals surface area contributed by atoms with E-state index in [2.05, 4.69) is 15.5 Å². The van der Waals surface area contributed by atoms with Gasteiger partial charge in [-0.3, -0.25) is 4.79 Å². The summed E-state index contributed by atoms with van der Waals surface area (Å²) < 4.78 is 85.9. The monoisotopic (exact) mass is 498 g/mol. The number of hydrogen-bond acceptors (Lipinski definition) is 5. The number of likely N-dealkylation sites (tertiary alicyclic amines) is 1. The Morgan fingerprint density at radius 1 is 1.12 bits per heavy atom. The van der Waals surface area contributed by atoms with Gasteiger partial charge in [-0.1, -0.05) is 12.1 Å². The molecule has 1 aromatic rings. The molecule has 1 atom stereocenters. The number of aliphatic carboxylic acids is 1. The second-order valence-electron chi connectivity index (χ2n) is 8.32. The van der Waals surface area contributed by atoms with E-state index >= 15 is 0 Å². The smallest absolute Gasteiger partial charge is 0.475 e. The number of alkyl halides is 7. The first-order chi connectivity index (χ1) is 15.7. The first-order valence-corrected chi connectivity index (χ1v) is 10.3. The van der Waals surface area contributed by atoms with Crippen molar-refractivity contribution in [3.63, 3.8) is 0 Å². The van der Waals surface area contributed by atoms with E-state index in [1.54, 1.807) is 18.2 Å². The van der Waals surface area contributed by atoms with E-state index in [9.17, 15) is 35.5 Å². The van der Waals surface area contributed by atoms with Gasteiger partial charge in [-0.05, 0) is 37.0 Å².